The molecule has 0 aliphatic heterocycles. The van der Waals surface area contributed by atoms with Gasteiger partial charge in [0.2, 0.25) is 0 Å². The second-order valence-corrected chi connectivity index (χ2v) is 1.79. The van der Waals surface area contributed by atoms with Gasteiger partial charge in [-0.3, -0.25) is 0 Å². The molecule has 9 heavy (non-hydrogen) atoms. The van der Waals surface area contributed by atoms with Gasteiger partial charge in [0, 0.05) is 12.1 Å². The largest absolute Gasteiger partial charge is 0.333 e. The normalized spacial score (nSPS) is 8.89. The molecule has 0 heterocycles. The molecule has 1 aromatic rings. The average molecular weight is 119 g/mol. The SMILES string of the molecule is [CH2+]C(=O)c1ccccc1. The first kappa shape index (κ1) is 5.89. The summed E-state index contributed by atoms with van der Waals surface area (Å²) in [7, 11) is 0. The highest BCUT2D eigenvalue weighted by Crippen LogP contribution is 1.97. The number of hydrogen-bond donors (Lipinski definition) is 0. The van der Waals surface area contributed by atoms with Crippen molar-refractivity contribution in [2.45, 2.75) is 0 Å². The van der Waals surface area contributed by atoms with Crippen LogP contribution in [0, 0.1) is 6.92 Å². The highest BCUT2D eigenvalue weighted by atomic mass is 16.1. The number of carbonyl (C=O) groups excluding carboxylic acids is 1. The Kier molecular flexibility index (Phi) is 1.54. The third-order valence-corrected chi connectivity index (χ3v) is 1.10. The van der Waals surface area contributed by atoms with Gasteiger partial charge >= 0.3 is 5.78 Å². The lowest BCUT2D eigenvalue weighted by Gasteiger charge is -1.79. The van der Waals surface area contributed by atoms with Crippen molar-refractivity contribution in [3.05, 3.63) is 42.8 Å². The lowest BCUT2D eigenvalue weighted by molar-refractivity contribution is 0.104. The molecule has 1 heteroatoms. The van der Waals surface area contributed by atoms with Gasteiger partial charge in [0.1, 0.15) is 0 Å². The van der Waals surface area contributed by atoms with Crippen LogP contribution in [0.15, 0.2) is 30.3 Å². The molecule has 0 aliphatic carbocycles. The van der Waals surface area contributed by atoms with Crippen LogP contribution in [0.25, 0.3) is 0 Å². The Labute approximate surface area is 54.3 Å². The number of hydrogen-bond acceptors (Lipinski definition) is 1. The fraction of sp³-hybridized carbons (Fsp3) is 0. The van der Waals surface area contributed by atoms with Crippen molar-refractivity contribution < 1.29 is 4.79 Å². The van der Waals surface area contributed by atoms with E-state index in [0.717, 1.165) is 0 Å². The molecular formula is C8H7O+. The first-order valence-corrected chi connectivity index (χ1v) is 2.72. The summed E-state index contributed by atoms with van der Waals surface area (Å²) in [6, 6.07) is 8.99. The molecule has 0 radical (unpaired) electrons. The van der Waals surface area contributed by atoms with Gasteiger partial charge in [0.15, 0.2) is 5.56 Å². The monoisotopic (exact) mass is 119 g/mol. The lowest BCUT2D eigenvalue weighted by atomic mass is 10.2. The molecule has 44 valence electrons. The van der Waals surface area contributed by atoms with E-state index in [0.29, 0.717) is 5.56 Å². The Balaban J connectivity index is 2.98. The number of carbonyl (C=O) groups is 1. The molecule has 1 aromatic carbocycles. The maximum absolute atomic E-state index is 10.5. The first-order valence-electron chi connectivity index (χ1n) is 2.72. The highest BCUT2D eigenvalue weighted by Gasteiger charge is 2.04. The Morgan fingerprint density at radius 3 is 2.11 bits per heavy atom. The van der Waals surface area contributed by atoms with E-state index in [9.17, 15) is 4.79 Å². The molecule has 0 aromatic heterocycles. The summed E-state index contributed by atoms with van der Waals surface area (Å²) in [5, 5.41) is 0. The van der Waals surface area contributed by atoms with Crippen molar-refractivity contribution in [2.75, 3.05) is 0 Å². The van der Waals surface area contributed by atoms with Gasteiger partial charge in [-0.2, -0.15) is 0 Å². The Hall–Kier alpha value is -1.24. The molecule has 0 fully saturated rings. The van der Waals surface area contributed by atoms with Crippen molar-refractivity contribution in [3.63, 3.8) is 0 Å². The number of ketones is 1. The van der Waals surface area contributed by atoms with Crippen LogP contribution in [-0.2, 0) is 0 Å². The molecule has 1 rings (SSSR count). The van der Waals surface area contributed by atoms with Crippen LogP contribution in [0.3, 0.4) is 0 Å². The van der Waals surface area contributed by atoms with Crippen molar-refractivity contribution in [1.29, 1.82) is 0 Å². The summed E-state index contributed by atoms with van der Waals surface area (Å²) >= 11 is 0. The Morgan fingerprint density at radius 1 is 1.22 bits per heavy atom. The summed E-state index contributed by atoms with van der Waals surface area (Å²) in [5.41, 5.74) is 0.664. The molecular weight excluding hydrogens is 112 g/mol. The van der Waals surface area contributed by atoms with E-state index >= 15 is 0 Å². The van der Waals surface area contributed by atoms with E-state index in [2.05, 4.69) is 6.92 Å². The smallest absolute Gasteiger partial charge is 0.241 e. The van der Waals surface area contributed by atoms with E-state index in [4.69, 9.17) is 0 Å². The summed E-state index contributed by atoms with van der Waals surface area (Å²) in [4.78, 5) is 10.5. The third kappa shape index (κ3) is 1.32. The maximum atomic E-state index is 10.5. The fourth-order valence-corrected chi connectivity index (χ4v) is 0.624. The number of Topliss-reactive ketones (excluding diaryl/α,β-unsaturated/α-hetero) is 1. The van der Waals surface area contributed by atoms with Gasteiger partial charge < -0.3 is 0 Å². The Bertz CT molecular complexity index is 201. The standard InChI is InChI=1S/C8H7O/c1-7(9)8-5-3-2-4-6-8/h2-6H,1H2/q+1. The molecule has 0 saturated carbocycles. The number of benzene rings is 1. The lowest BCUT2D eigenvalue weighted by Crippen LogP contribution is -1.89. The van der Waals surface area contributed by atoms with Crippen LogP contribution in [0.2, 0.25) is 0 Å². The van der Waals surface area contributed by atoms with Gasteiger partial charge in [0.05, 0.1) is 6.92 Å². The number of rotatable bonds is 1. The fourth-order valence-electron chi connectivity index (χ4n) is 0.624. The van der Waals surface area contributed by atoms with Crippen LogP contribution in [-0.4, -0.2) is 5.78 Å². The quantitative estimate of drug-likeness (QED) is 0.406. The predicted octanol–water partition coefficient (Wildman–Crippen LogP) is 1.70. The van der Waals surface area contributed by atoms with Gasteiger partial charge in [-0.1, -0.05) is 6.07 Å². The van der Waals surface area contributed by atoms with Crippen molar-refractivity contribution in [3.8, 4) is 0 Å². The molecule has 1 nitrogen and oxygen atoms in total. The summed E-state index contributed by atoms with van der Waals surface area (Å²) in [6.45, 7) is 3.27. The van der Waals surface area contributed by atoms with Crippen molar-refractivity contribution in [1.82, 2.24) is 0 Å². The van der Waals surface area contributed by atoms with Crippen LogP contribution >= 0.6 is 0 Å². The Morgan fingerprint density at radius 2 is 1.78 bits per heavy atom. The first-order chi connectivity index (χ1) is 4.30. The van der Waals surface area contributed by atoms with E-state index < -0.39 is 0 Å². The molecule has 0 N–H and O–H groups in total. The van der Waals surface area contributed by atoms with Gasteiger partial charge in [-0.15, -0.1) is 0 Å². The van der Waals surface area contributed by atoms with Crippen molar-refractivity contribution in [2.24, 2.45) is 0 Å². The molecule has 0 spiro atoms. The topological polar surface area (TPSA) is 17.1 Å². The second kappa shape index (κ2) is 2.35. The van der Waals surface area contributed by atoms with E-state index in [1.807, 2.05) is 18.2 Å². The average Bonchev–Trinajstić information content (AvgIpc) is 1.90. The minimum Gasteiger partial charge on any atom is -0.241 e. The summed E-state index contributed by atoms with van der Waals surface area (Å²) in [5.74, 6) is -0.129. The zero-order valence-electron chi connectivity index (χ0n) is 5.00. The van der Waals surface area contributed by atoms with Crippen LogP contribution in [0.1, 0.15) is 10.4 Å². The zero-order valence-corrected chi connectivity index (χ0v) is 5.00. The van der Waals surface area contributed by atoms with Crippen LogP contribution in [0.4, 0.5) is 0 Å². The molecule has 0 unspecified atom stereocenters. The van der Waals surface area contributed by atoms with Crippen LogP contribution < -0.4 is 0 Å². The van der Waals surface area contributed by atoms with Gasteiger partial charge in [-0.25, -0.2) is 4.79 Å². The van der Waals surface area contributed by atoms with Gasteiger partial charge in [-0.05, 0) is 12.1 Å². The summed E-state index contributed by atoms with van der Waals surface area (Å²) in [6.07, 6.45) is 0. The van der Waals surface area contributed by atoms with E-state index in [-0.39, 0.29) is 5.78 Å². The predicted molar refractivity (Wildman–Crippen MR) is 36.1 cm³/mol. The minimum atomic E-state index is -0.129. The van der Waals surface area contributed by atoms with E-state index in [1.54, 1.807) is 12.1 Å². The molecule has 0 atom stereocenters. The third-order valence-electron chi connectivity index (χ3n) is 1.10. The summed E-state index contributed by atoms with van der Waals surface area (Å²) < 4.78 is 0. The maximum Gasteiger partial charge on any atom is 0.333 e. The molecule has 0 bridgehead atoms. The minimum absolute atomic E-state index is 0.129. The van der Waals surface area contributed by atoms with Crippen LogP contribution in [0.5, 0.6) is 0 Å². The molecule has 0 aliphatic rings. The molecule has 0 saturated heterocycles. The molecule has 0 amide bonds. The van der Waals surface area contributed by atoms with E-state index in [1.165, 1.54) is 0 Å². The zero-order chi connectivity index (χ0) is 6.69. The van der Waals surface area contributed by atoms with Gasteiger partial charge in [0.25, 0.3) is 0 Å². The highest BCUT2D eigenvalue weighted by molar-refractivity contribution is 5.99. The van der Waals surface area contributed by atoms with Crippen molar-refractivity contribution >= 4 is 5.78 Å². The second-order valence-electron chi connectivity index (χ2n) is 1.79.